The van der Waals surface area contributed by atoms with Gasteiger partial charge >= 0.3 is 0 Å². The Morgan fingerprint density at radius 2 is 1.62 bits per heavy atom. The Kier molecular flexibility index (Phi) is 4.11. The van der Waals surface area contributed by atoms with Crippen molar-refractivity contribution < 1.29 is 9.85 Å². The highest BCUT2D eigenvalue weighted by Gasteiger charge is 2.14. The summed E-state index contributed by atoms with van der Waals surface area (Å²) in [6.07, 6.45) is 2.64. The number of nitro benzene ring substituents is 2. The van der Waals surface area contributed by atoms with E-state index in [1.165, 1.54) is 12.1 Å². The van der Waals surface area contributed by atoms with Gasteiger partial charge in [-0.1, -0.05) is 0 Å². The molecule has 0 aliphatic carbocycles. The van der Waals surface area contributed by atoms with Gasteiger partial charge in [-0.05, 0) is 30.2 Å². The van der Waals surface area contributed by atoms with Crippen molar-refractivity contribution in [1.82, 2.24) is 4.98 Å². The van der Waals surface area contributed by atoms with Gasteiger partial charge in [-0.3, -0.25) is 20.2 Å². The van der Waals surface area contributed by atoms with Gasteiger partial charge in [0.05, 0.1) is 9.85 Å². The van der Waals surface area contributed by atoms with Crippen LogP contribution in [0.1, 0.15) is 5.56 Å². The molecule has 4 rings (SSSR count). The predicted octanol–water partition coefficient (Wildman–Crippen LogP) is 3.64. The molecule has 1 aliphatic rings. The maximum Gasteiger partial charge on any atom is 0.270 e. The molecule has 2 N–H and O–H groups in total. The minimum atomic E-state index is -0.396. The second kappa shape index (κ2) is 6.37. The number of hydrogen-bond acceptors (Lipinski definition) is 5. The number of fused-ring (bicyclic) bond motifs is 2. The summed E-state index contributed by atoms with van der Waals surface area (Å²) in [5.41, 5.74) is 3.30. The van der Waals surface area contributed by atoms with Crippen LogP contribution in [0.25, 0.3) is 10.9 Å². The van der Waals surface area contributed by atoms with Crippen molar-refractivity contribution in [2.75, 3.05) is 11.9 Å². The number of non-ortho nitro benzene ring substituents is 2. The Morgan fingerprint density at radius 3 is 2.38 bits per heavy atom. The molecular formula is C16H14N4O4. The average Bonchev–Trinajstić information content (AvgIpc) is 3.22. The Bertz CT molecular complexity index is 919. The Morgan fingerprint density at radius 1 is 0.917 bits per heavy atom. The van der Waals surface area contributed by atoms with Gasteiger partial charge in [-0.2, -0.15) is 0 Å². The minimum Gasteiger partial charge on any atom is -0.384 e. The van der Waals surface area contributed by atoms with Crippen LogP contribution in [-0.2, 0) is 6.42 Å². The molecule has 2 heterocycles. The van der Waals surface area contributed by atoms with E-state index in [4.69, 9.17) is 0 Å². The number of hydrogen-bond donors (Lipinski definition) is 2. The third-order valence-electron chi connectivity index (χ3n) is 3.76. The summed E-state index contributed by atoms with van der Waals surface area (Å²) >= 11 is 0. The second-order valence-corrected chi connectivity index (χ2v) is 5.28. The van der Waals surface area contributed by atoms with Crippen LogP contribution in [0, 0.1) is 20.2 Å². The van der Waals surface area contributed by atoms with Crippen molar-refractivity contribution in [2.24, 2.45) is 0 Å². The summed E-state index contributed by atoms with van der Waals surface area (Å²) in [5, 5.41) is 24.8. The number of rotatable bonds is 2. The number of benzene rings is 2. The molecule has 3 aromatic rings. The first kappa shape index (κ1) is 15.5. The minimum absolute atomic E-state index is 0.127. The Hall–Kier alpha value is -3.42. The van der Waals surface area contributed by atoms with E-state index in [0.717, 1.165) is 35.1 Å². The van der Waals surface area contributed by atoms with E-state index in [2.05, 4.69) is 10.3 Å². The van der Waals surface area contributed by atoms with E-state index < -0.39 is 4.92 Å². The largest absolute Gasteiger partial charge is 0.384 e. The van der Waals surface area contributed by atoms with Gasteiger partial charge in [0.1, 0.15) is 0 Å². The Balaban J connectivity index is 0.000000141. The fourth-order valence-electron chi connectivity index (χ4n) is 2.56. The van der Waals surface area contributed by atoms with Gasteiger partial charge in [0, 0.05) is 53.6 Å². The monoisotopic (exact) mass is 326 g/mol. The lowest BCUT2D eigenvalue weighted by Gasteiger charge is -1.97. The molecule has 0 atom stereocenters. The zero-order valence-electron chi connectivity index (χ0n) is 12.6. The van der Waals surface area contributed by atoms with Gasteiger partial charge in [0.15, 0.2) is 0 Å². The molecule has 0 fully saturated rings. The van der Waals surface area contributed by atoms with Crippen LogP contribution in [0.15, 0.2) is 48.7 Å². The molecule has 0 bridgehead atoms. The number of H-pyrrole nitrogens is 1. The highest BCUT2D eigenvalue weighted by molar-refractivity contribution is 5.81. The van der Waals surface area contributed by atoms with E-state index in [1.54, 1.807) is 30.5 Å². The molecule has 0 saturated carbocycles. The van der Waals surface area contributed by atoms with Gasteiger partial charge in [-0.15, -0.1) is 0 Å². The first-order chi connectivity index (χ1) is 11.5. The first-order valence-electron chi connectivity index (χ1n) is 7.27. The quantitative estimate of drug-likeness (QED) is 0.551. The molecule has 24 heavy (non-hydrogen) atoms. The van der Waals surface area contributed by atoms with Crippen molar-refractivity contribution in [3.63, 3.8) is 0 Å². The van der Waals surface area contributed by atoms with Crippen LogP contribution >= 0.6 is 0 Å². The lowest BCUT2D eigenvalue weighted by atomic mass is 10.1. The second-order valence-electron chi connectivity index (χ2n) is 5.28. The van der Waals surface area contributed by atoms with Gasteiger partial charge < -0.3 is 10.3 Å². The van der Waals surface area contributed by atoms with Gasteiger partial charge in [0.2, 0.25) is 0 Å². The van der Waals surface area contributed by atoms with Crippen LogP contribution in [0.2, 0.25) is 0 Å². The van der Waals surface area contributed by atoms with E-state index in [0.29, 0.717) is 0 Å². The van der Waals surface area contributed by atoms with Crippen molar-refractivity contribution in [1.29, 1.82) is 0 Å². The molecule has 0 spiro atoms. The van der Waals surface area contributed by atoms with E-state index >= 15 is 0 Å². The zero-order chi connectivity index (χ0) is 17.1. The van der Waals surface area contributed by atoms with Crippen LogP contribution in [0.4, 0.5) is 17.1 Å². The number of nitro groups is 2. The third-order valence-corrected chi connectivity index (χ3v) is 3.76. The SMILES string of the molecule is O=[N+]([O-])c1ccc2[nH]ccc2c1.O=[N+]([O-])c1ccc2c(c1)CCN2. The third kappa shape index (κ3) is 3.17. The van der Waals surface area contributed by atoms with Crippen molar-refractivity contribution >= 4 is 28.0 Å². The standard InChI is InChI=1S/C8H8N2O2.C8H6N2O2/c2*11-10(12)7-1-2-8-6(5-7)3-4-9-8/h1-2,5,9H,3-4H2;1-5,9H. The molecule has 0 unspecified atom stereocenters. The normalized spacial score (nSPS) is 12.0. The Labute approximate surface area is 136 Å². The van der Waals surface area contributed by atoms with E-state index in [9.17, 15) is 20.2 Å². The smallest absolute Gasteiger partial charge is 0.270 e. The molecule has 2 aromatic carbocycles. The number of aromatic amines is 1. The molecule has 1 aromatic heterocycles. The fraction of sp³-hybridized carbons (Fsp3) is 0.125. The summed E-state index contributed by atoms with van der Waals surface area (Å²) in [5.74, 6) is 0. The summed E-state index contributed by atoms with van der Waals surface area (Å²) in [6, 6.07) is 11.5. The lowest BCUT2D eigenvalue weighted by Crippen LogP contribution is -1.90. The van der Waals surface area contributed by atoms with Gasteiger partial charge in [0.25, 0.3) is 11.4 Å². The average molecular weight is 326 g/mol. The highest BCUT2D eigenvalue weighted by atomic mass is 16.6. The van der Waals surface area contributed by atoms with Crippen LogP contribution in [0.3, 0.4) is 0 Å². The maximum absolute atomic E-state index is 10.4. The van der Waals surface area contributed by atoms with Crippen LogP contribution in [0.5, 0.6) is 0 Å². The molecule has 0 amide bonds. The first-order valence-corrected chi connectivity index (χ1v) is 7.27. The summed E-state index contributed by atoms with van der Waals surface area (Å²) in [4.78, 5) is 23.0. The zero-order valence-corrected chi connectivity index (χ0v) is 12.6. The molecule has 1 aliphatic heterocycles. The molecule has 8 heteroatoms. The molecule has 8 nitrogen and oxygen atoms in total. The fourth-order valence-corrected chi connectivity index (χ4v) is 2.56. The molecule has 0 radical (unpaired) electrons. The van der Waals surface area contributed by atoms with Crippen molar-refractivity contribution in [3.8, 4) is 0 Å². The molecule has 122 valence electrons. The summed E-state index contributed by atoms with van der Waals surface area (Å²) < 4.78 is 0. The summed E-state index contributed by atoms with van der Waals surface area (Å²) in [7, 11) is 0. The topological polar surface area (TPSA) is 114 Å². The number of nitrogens with zero attached hydrogens (tertiary/aromatic N) is 2. The number of aromatic nitrogens is 1. The lowest BCUT2D eigenvalue weighted by molar-refractivity contribution is -0.385. The number of anilines is 1. The summed E-state index contributed by atoms with van der Waals surface area (Å²) in [6.45, 7) is 0.885. The van der Waals surface area contributed by atoms with Crippen molar-refractivity contribution in [3.05, 3.63) is 74.5 Å². The number of nitrogens with one attached hydrogen (secondary N) is 2. The van der Waals surface area contributed by atoms with Gasteiger partial charge in [-0.25, -0.2) is 0 Å². The van der Waals surface area contributed by atoms with E-state index in [1.807, 2.05) is 6.07 Å². The van der Waals surface area contributed by atoms with Crippen LogP contribution in [-0.4, -0.2) is 21.4 Å². The van der Waals surface area contributed by atoms with Crippen LogP contribution < -0.4 is 5.32 Å². The highest BCUT2D eigenvalue weighted by Crippen LogP contribution is 2.26. The predicted molar refractivity (Wildman–Crippen MR) is 90.2 cm³/mol. The maximum atomic E-state index is 10.4. The van der Waals surface area contributed by atoms with E-state index in [-0.39, 0.29) is 16.3 Å². The molecule has 0 saturated heterocycles. The molecular weight excluding hydrogens is 312 g/mol. The van der Waals surface area contributed by atoms with Crippen molar-refractivity contribution in [2.45, 2.75) is 6.42 Å².